The van der Waals surface area contributed by atoms with Crippen LogP contribution in [0.15, 0.2) is 89.8 Å². The number of fused-ring (bicyclic) bond motifs is 2. The van der Waals surface area contributed by atoms with Crippen LogP contribution in [0, 0.1) is 6.92 Å². The van der Waals surface area contributed by atoms with Crippen LogP contribution in [0.1, 0.15) is 48.9 Å². The quantitative estimate of drug-likeness (QED) is 0.0800. The molecule has 3 N–H and O–H groups in total. The van der Waals surface area contributed by atoms with E-state index >= 15 is 0 Å². The average Bonchev–Trinajstić information content (AvgIpc) is 3.93. The number of piperazine rings is 1. The van der Waals surface area contributed by atoms with Crippen LogP contribution in [-0.4, -0.2) is 123 Å². The molecule has 3 aromatic heterocycles. The van der Waals surface area contributed by atoms with Crippen LogP contribution in [0.3, 0.4) is 0 Å². The van der Waals surface area contributed by atoms with E-state index in [4.69, 9.17) is 14.8 Å². The molecular formula is C51H56BrN12O5P. The van der Waals surface area contributed by atoms with Crippen molar-refractivity contribution < 1.29 is 23.7 Å². The molecule has 0 aliphatic carbocycles. The lowest BCUT2D eigenvalue weighted by atomic mass is 9.88. The number of rotatable bonds is 12. The predicted molar refractivity (Wildman–Crippen MR) is 278 cm³/mol. The van der Waals surface area contributed by atoms with E-state index in [1.54, 1.807) is 36.0 Å². The Labute approximate surface area is 414 Å². The number of aromatic nitrogens is 6. The number of carbonyl (C=O) groups is 3. The molecule has 0 spiro atoms. The normalized spacial score (nSPS) is 17.3. The van der Waals surface area contributed by atoms with E-state index in [0.717, 1.165) is 75.4 Å². The second-order valence-electron chi connectivity index (χ2n) is 18.8. The monoisotopic (exact) mass is 1030 g/mol. The van der Waals surface area contributed by atoms with Crippen LogP contribution in [0.5, 0.6) is 5.75 Å². The summed E-state index contributed by atoms with van der Waals surface area (Å²) in [6.45, 7) is 10.0. The number of anilines is 5. The smallest absolute Gasteiger partial charge is 0.251 e. The van der Waals surface area contributed by atoms with Gasteiger partial charge in [-0.2, -0.15) is 15.2 Å². The summed E-state index contributed by atoms with van der Waals surface area (Å²) in [5.41, 5.74) is 7.20. The Hall–Kier alpha value is -6.62. The number of hydrogen-bond donors (Lipinski definition) is 3. The summed E-state index contributed by atoms with van der Waals surface area (Å²) in [7, 11) is 0.811. The third kappa shape index (κ3) is 9.51. The van der Waals surface area contributed by atoms with E-state index in [2.05, 4.69) is 70.0 Å². The van der Waals surface area contributed by atoms with Gasteiger partial charge in [0.25, 0.3) is 5.91 Å². The van der Waals surface area contributed by atoms with Crippen molar-refractivity contribution in [2.75, 3.05) is 81.8 Å². The molecule has 7 aromatic rings. The minimum Gasteiger partial charge on any atom is -0.494 e. The first-order valence-electron chi connectivity index (χ1n) is 23.6. The molecule has 70 heavy (non-hydrogen) atoms. The van der Waals surface area contributed by atoms with Crippen LogP contribution in [-0.2, 0) is 26.0 Å². The number of halogens is 1. The topological polar surface area (TPSA) is 185 Å². The molecule has 3 amide bonds. The first kappa shape index (κ1) is 47.1. The molecule has 362 valence electrons. The molecule has 3 fully saturated rings. The second-order valence-corrected chi connectivity index (χ2v) is 22.8. The summed E-state index contributed by atoms with van der Waals surface area (Å²) in [6.07, 6.45) is 8.13. The standard InChI is InChI=1S/C51H56BrN12O5P/c1-31-37-24-34(11-13-42(37)64(59-31)43-14-15-46(65)57-50(43)67)32-16-18-61(19-17-32)30-47(66)63-22-20-62(21-23-63)44-26-45(69-3)41(25-38(44)35-27-54-60(2)29-35)56-51-53-28-39(52)49(58-51)55-40-12-10-33-8-6-7-9-36(33)48(40)70(4,5)68/h6-13,24-29,32,43H,14-23,30H2,1-5H3,(H,57,65,67)(H2,53,55,56,58). The number of hydrogen-bond acceptors (Lipinski definition) is 13. The lowest BCUT2D eigenvalue weighted by molar-refractivity contribution is -0.136. The van der Waals surface area contributed by atoms with Crippen molar-refractivity contribution in [2.45, 2.75) is 44.6 Å². The maximum absolute atomic E-state index is 13.8. The number of imide groups is 1. The number of nitrogens with one attached hydrogen (secondary N) is 3. The fourth-order valence-corrected chi connectivity index (χ4v) is 12.0. The van der Waals surface area contributed by atoms with Crippen LogP contribution >= 0.6 is 23.1 Å². The highest BCUT2D eigenvalue weighted by Crippen LogP contribution is 2.44. The summed E-state index contributed by atoms with van der Waals surface area (Å²) in [5.74, 6) is 1.38. The van der Waals surface area contributed by atoms with Gasteiger partial charge >= 0.3 is 0 Å². The largest absolute Gasteiger partial charge is 0.494 e. The van der Waals surface area contributed by atoms with Crippen molar-refractivity contribution in [1.29, 1.82) is 0 Å². The highest BCUT2D eigenvalue weighted by molar-refractivity contribution is 9.10. The predicted octanol–water partition coefficient (Wildman–Crippen LogP) is 7.70. The van der Waals surface area contributed by atoms with Crippen LogP contribution in [0.25, 0.3) is 32.8 Å². The van der Waals surface area contributed by atoms with Gasteiger partial charge in [0.15, 0.2) is 0 Å². The number of amides is 3. The van der Waals surface area contributed by atoms with Gasteiger partial charge in [-0.3, -0.25) is 34.0 Å². The molecule has 3 aliphatic heterocycles. The SMILES string of the molecule is COc1cc(N2CCN(C(=O)CN3CCC(c4ccc5c(c4)c(C)nn5C4CCC(=O)NC4=O)CC3)CC2)c(-c2cnn(C)c2)cc1Nc1ncc(Br)c(Nc2ccc3ccccc3c2P(C)(C)=O)n1. The average molecular weight is 1030 g/mol. The molecule has 0 radical (unpaired) electrons. The number of nitrogens with zero attached hydrogens (tertiary/aromatic N) is 9. The summed E-state index contributed by atoms with van der Waals surface area (Å²) in [6, 6.07) is 21.9. The van der Waals surface area contributed by atoms with Crippen molar-refractivity contribution >= 4 is 96.6 Å². The number of aryl methyl sites for hydroxylation is 2. The molecule has 0 bridgehead atoms. The summed E-state index contributed by atoms with van der Waals surface area (Å²) < 4.78 is 23.9. The molecular weight excluding hydrogens is 972 g/mol. The first-order valence-corrected chi connectivity index (χ1v) is 27.0. The lowest BCUT2D eigenvalue weighted by Gasteiger charge is -2.39. The van der Waals surface area contributed by atoms with Crippen molar-refractivity contribution in [3.8, 4) is 16.9 Å². The third-order valence-corrected chi connectivity index (χ3v) is 16.0. The summed E-state index contributed by atoms with van der Waals surface area (Å²) in [4.78, 5) is 54.2. The van der Waals surface area contributed by atoms with Gasteiger partial charge in [0.05, 0.1) is 46.9 Å². The van der Waals surface area contributed by atoms with Crippen LogP contribution in [0.4, 0.5) is 28.8 Å². The van der Waals surface area contributed by atoms with Gasteiger partial charge in [0.2, 0.25) is 17.8 Å². The number of likely N-dealkylation sites (tertiary alicyclic amines) is 1. The minimum absolute atomic E-state index is 0.138. The molecule has 19 heteroatoms. The van der Waals surface area contributed by atoms with Gasteiger partial charge < -0.3 is 29.7 Å². The third-order valence-electron chi connectivity index (χ3n) is 13.8. The van der Waals surface area contributed by atoms with Gasteiger partial charge in [0, 0.05) is 85.6 Å². The van der Waals surface area contributed by atoms with E-state index in [-0.39, 0.29) is 17.7 Å². The second kappa shape index (κ2) is 19.3. The number of piperidine rings is 2. The number of ether oxygens (including phenoxy) is 1. The fourth-order valence-electron chi connectivity index (χ4n) is 10.2. The van der Waals surface area contributed by atoms with Crippen molar-refractivity contribution in [3.63, 3.8) is 0 Å². The fraction of sp³-hybridized carbons (Fsp3) is 0.353. The van der Waals surface area contributed by atoms with Crippen LogP contribution in [0.2, 0.25) is 0 Å². The molecule has 3 aliphatic rings. The van der Waals surface area contributed by atoms with E-state index < -0.39 is 13.2 Å². The number of carbonyl (C=O) groups excluding carboxylic acids is 3. The van der Waals surface area contributed by atoms with Gasteiger partial charge in [-0.25, -0.2) is 4.98 Å². The minimum atomic E-state index is -2.72. The highest BCUT2D eigenvalue weighted by Gasteiger charge is 2.32. The zero-order valence-corrected chi connectivity index (χ0v) is 42.4. The zero-order valence-electron chi connectivity index (χ0n) is 39.9. The molecule has 6 heterocycles. The number of benzene rings is 4. The van der Waals surface area contributed by atoms with Gasteiger partial charge in [-0.15, -0.1) is 0 Å². The maximum atomic E-state index is 13.8. The highest BCUT2D eigenvalue weighted by atomic mass is 79.9. The Morgan fingerprint density at radius 1 is 0.914 bits per heavy atom. The Bertz CT molecular complexity index is 3220. The Kier molecular flexibility index (Phi) is 13.0. The van der Waals surface area contributed by atoms with Crippen molar-refractivity contribution in [2.24, 2.45) is 7.05 Å². The maximum Gasteiger partial charge on any atom is 0.251 e. The molecule has 17 nitrogen and oxygen atoms in total. The van der Waals surface area contributed by atoms with Gasteiger partial charge in [-0.1, -0.05) is 36.4 Å². The lowest BCUT2D eigenvalue weighted by Crippen LogP contribution is -2.52. The first-order chi connectivity index (χ1) is 33.7. The Morgan fingerprint density at radius 2 is 1.70 bits per heavy atom. The number of methoxy groups -OCH3 is 1. The van der Waals surface area contributed by atoms with Gasteiger partial charge in [-0.05, 0) is 115 Å². The van der Waals surface area contributed by atoms with E-state index in [1.165, 1.54) is 5.56 Å². The Balaban J connectivity index is 0.799. The van der Waals surface area contributed by atoms with E-state index in [9.17, 15) is 18.9 Å². The van der Waals surface area contributed by atoms with Crippen molar-refractivity contribution in [1.82, 2.24) is 44.6 Å². The molecule has 1 unspecified atom stereocenters. The molecule has 4 aromatic carbocycles. The van der Waals surface area contributed by atoms with Gasteiger partial charge in [0.1, 0.15) is 24.8 Å². The summed E-state index contributed by atoms with van der Waals surface area (Å²) >= 11 is 3.63. The Morgan fingerprint density at radius 3 is 2.43 bits per heavy atom. The summed E-state index contributed by atoms with van der Waals surface area (Å²) in [5, 5.41) is 22.2. The molecule has 0 saturated carbocycles. The molecule has 3 saturated heterocycles. The molecule has 1 atom stereocenters. The van der Waals surface area contributed by atoms with Crippen LogP contribution < -0.4 is 30.9 Å². The van der Waals surface area contributed by atoms with E-state index in [0.29, 0.717) is 84.8 Å². The van der Waals surface area contributed by atoms with Crippen molar-refractivity contribution in [3.05, 3.63) is 101 Å². The zero-order chi connectivity index (χ0) is 48.8. The molecule has 10 rings (SSSR count). The van der Waals surface area contributed by atoms with E-state index in [1.807, 2.05) is 79.8 Å².